The number of rotatable bonds is 6. The Balaban J connectivity index is 0.00000392. The first kappa shape index (κ1) is 24.5. The van der Waals surface area contributed by atoms with E-state index >= 15 is 0 Å². The molecular formula is C21H35IN4O2. The Morgan fingerprint density at radius 3 is 2.57 bits per heavy atom. The zero-order valence-corrected chi connectivity index (χ0v) is 20.1. The molecule has 0 saturated carbocycles. The van der Waals surface area contributed by atoms with Gasteiger partial charge in [-0.1, -0.05) is 26.0 Å². The molecule has 1 amide bonds. The van der Waals surface area contributed by atoms with Crippen molar-refractivity contribution in [1.29, 1.82) is 0 Å². The van der Waals surface area contributed by atoms with Gasteiger partial charge in [-0.05, 0) is 42.9 Å². The summed E-state index contributed by atoms with van der Waals surface area (Å²) >= 11 is 0. The van der Waals surface area contributed by atoms with Gasteiger partial charge in [-0.3, -0.25) is 4.79 Å². The first-order valence-corrected chi connectivity index (χ1v) is 9.84. The molecule has 7 heteroatoms. The molecular weight excluding hydrogens is 467 g/mol. The first-order chi connectivity index (χ1) is 12.9. The van der Waals surface area contributed by atoms with Gasteiger partial charge in [0.15, 0.2) is 12.6 Å². The lowest BCUT2D eigenvalue weighted by molar-refractivity contribution is -0.130. The highest BCUT2D eigenvalue weighted by molar-refractivity contribution is 14.0. The Morgan fingerprint density at radius 2 is 1.96 bits per heavy atom. The Hall–Kier alpha value is -1.51. The lowest BCUT2D eigenvalue weighted by Gasteiger charge is -2.37. The molecule has 1 saturated heterocycles. The highest BCUT2D eigenvalue weighted by Gasteiger charge is 2.23. The van der Waals surface area contributed by atoms with Crippen molar-refractivity contribution in [3.05, 3.63) is 29.8 Å². The average molecular weight is 502 g/mol. The van der Waals surface area contributed by atoms with Gasteiger partial charge in [0.2, 0.25) is 0 Å². The topological polar surface area (TPSA) is 57.2 Å². The predicted octanol–water partition coefficient (Wildman–Crippen LogP) is 3.22. The molecule has 1 aliphatic rings. The van der Waals surface area contributed by atoms with Crippen LogP contribution in [0.4, 0.5) is 0 Å². The maximum atomic E-state index is 11.7. The van der Waals surface area contributed by atoms with E-state index in [9.17, 15) is 4.79 Å². The summed E-state index contributed by atoms with van der Waals surface area (Å²) in [6.45, 7) is 10.3. The van der Waals surface area contributed by atoms with Crippen LogP contribution in [0, 0.1) is 11.8 Å². The van der Waals surface area contributed by atoms with Gasteiger partial charge in [0.1, 0.15) is 5.75 Å². The summed E-state index contributed by atoms with van der Waals surface area (Å²) in [5.74, 6) is 2.99. The number of ether oxygens (including phenoxy) is 1. The second-order valence-electron chi connectivity index (χ2n) is 7.75. The fraction of sp³-hybridized carbons (Fsp3) is 0.619. The molecule has 1 aromatic carbocycles. The number of likely N-dealkylation sites (N-methyl/N-ethyl adjacent to an activating group) is 1. The van der Waals surface area contributed by atoms with Gasteiger partial charge in [-0.2, -0.15) is 0 Å². The van der Waals surface area contributed by atoms with Crippen LogP contribution in [0.2, 0.25) is 0 Å². The van der Waals surface area contributed by atoms with E-state index in [-0.39, 0.29) is 36.5 Å². The molecule has 1 aliphatic heterocycles. The van der Waals surface area contributed by atoms with E-state index in [1.165, 1.54) is 11.3 Å². The van der Waals surface area contributed by atoms with Crippen LogP contribution in [0.5, 0.6) is 5.75 Å². The molecule has 2 rings (SSSR count). The van der Waals surface area contributed by atoms with E-state index in [1.807, 2.05) is 24.3 Å². The summed E-state index contributed by atoms with van der Waals surface area (Å²) in [5.41, 5.74) is 1.07. The van der Waals surface area contributed by atoms with Gasteiger partial charge in [-0.15, -0.1) is 24.0 Å². The van der Waals surface area contributed by atoms with Crippen molar-refractivity contribution in [2.45, 2.75) is 33.7 Å². The number of nitrogens with zero attached hydrogens (tertiary/aromatic N) is 3. The van der Waals surface area contributed by atoms with E-state index < -0.39 is 0 Å². The van der Waals surface area contributed by atoms with Gasteiger partial charge < -0.3 is 19.9 Å². The molecule has 1 aromatic rings. The smallest absolute Gasteiger partial charge is 0.259 e. The van der Waals surface area contributed by atoms with Crippen molar-refractivity contribution in [3.8, 4) is 5.75 Å². The Bertz CT molecular complexity index is 641. The monoisotopic (exact) mass is 502 g/mol. The highest BCUT2D eigenvalue weighted by Crippen LogP contribution is 2.21. The van der Waals surface area contributed by atoms with Crippen LogP contribution < -0.4 is 10.1 Å². The summed E-state index contributed by atoms with van der Waals surface area (Å²) in [4.78, 5) is 20.4. The maximum Gasteiger partial charge on any atom is 0.259 e. The van der Waals surface area contributed by atoms with Crippen molar-refractivity contribution in [3.63, 3.8) is 0 Å². The van der Waals surface area contributed by atoms with Gasteiger partial charge in [-0.25, -0.2) is 4.99 Å². The number of halogens is 1. The minimum atomic E-state index is -0.0544. The Morgan fingerprint density at radius 1 is 1.29 bits per heavy atom. The quantitative estimate of drug-likeness (QED) is 0.369. The molecule has 1 heterocycles. The molecule has 0 radical (unpaired) electrons. The van der Waals surface area contributed by atoms with Crippen LogP contribution in [-0.4, -0.2) is 62.0 Å². The number of carbonyl (C=O) groups excluding carboxylic acids is 1. The number of aliphatic imine (C=N–C) groups is 1. The van der Waals surface area contributed by atoms with Crippen molar-refractivity contribution in [2.24, 2.45) is 16.8 Å². The molecule has 1 fully saturated rings. The number of likely N-dealkylation sites (tertiary alicyclic amines) is 1. The van der Waals surface area contributed by atoms with Gasteiger partial charge in [0, 0.05) is 33.7 Å². The lowest BCUT2D eigenvalue weighted by Crippen LogP contribution is -2.48. The molecule has 6 nitrogen and oxygen atoms in total. The van der Waals surface area contributed by atoms with Crippen LogP contribution in [0.1, 0.15) is 32.8 Å². The standard InChI is InChI=1S/C21H34N4O2.HI/c1-6-22-21(25-13-16(2)10-17(3)14-25)23-12-18-8-7-9-19(11-18)27-15-20(26)24(4)5;/h7-9,11,16-17H,6,10,12-15H2,1-5H3,(H,22,23);1H. The Labute approximate surface area is 186 Å². The summed E-state index contributed by atoms with van der Waals surface area (Å²) in [6, 6.07) is 7.81. The number of benzene rings is 1. The lowest BCUT2D eigenvalue weighted by atomic mass is 9.92. The zero-order valence-electron chi connectivity index (χ0n) is 17.8. The second-order valence-corrected chi connectivity index (χ2v) is 7.75. The summed E-state index contributed by atoms with van der Waals surface area (Å²) in [5, 5.41) is 3.43. The number of guanidine groups is 1. The summed E-state index contributed by atoms with van der Waals surface area (Å²) < 4.78 is 5.60. The molecule has 28 heavy (non-hydrogen) atoms. The van der Waals surface area contributed by atoms with E-state index in [0.717, 1.165) is 31.2 Å². The normalized spacial score (nSPS) is 19.6. The van der Waals surface area contributed by atoms with Gasteiger partial charge in [0.25, 0.3) is 5.91 Å². The number of piperidine rings is 1. The predicted molar refractivity (Wildman–Crippen MR) is 125 cm³/mol. The molecule has 158 valence electrons. The van der Waals surface area contributed by atoms with E-state index in [1.54, 1.807) is 14.1 Å². The average Bonchev–Trinajstić information content (AvgIpc) is 2.62. The first-order valence-electron chi connectivity index (χ1n) is 9.84. The van der Waals surface area contributed by atoms with Crippen molar-refractivity contribution < 1.29 is 9.53 Å². The molecule has 1 N–H and O–H groups in total. The van der Waals surface area contributed by atoms with Crippen LogP contribution >= 0.6 is 24.0 Å². The molecule has 0 bridgehead atoms. The molecule has 2 unspecified atom stereocenters. The number of carbonyl (C=O) groups is 1. The van der Waals surface area contributed by atoms with Crippen molar-refractivity contribution in [1.82, 2.24) is 15.1 Å². The van der Waals surface area contributed by atoms with Crippen LogP contribution in [0.15, 0.2) is 29.3 Å². The largest absolute Gasteiger partial charge is 0.484 e. The third-order valence-electron chi connectivity index (χ3n) is 4.67. The van der Waals surface area contributed by atoms with Crippen LogP contribution in [0.25, 0.3) is 0 Å². The fourth-order valence-electron chi connectivity index (χ4n) is 3.44. The molecule has 2 atom stereocenters. The maximum absolute atomic E-state index is 11.7. The molecule has 0 spiro atoms. The van der Waals surface area contributed by atoms with E-state index in [2.05, 4.69) is 31.0 Å². The molecule has 0 aromatic heterocycles. The number of amides is 1. The number of hydrogen-bond acceptors (Lipinski definition) is 3. The third kappa shape index (κ3) is 7.85. The highest BCUT2D eigenvalue weighted by atomic mass is 127. The number of nitrogens with one attached hydrogen (secondary N) is 1. The van der Waals surface area contributed by atoms with E-state index in [0.29, 0.717) is 24.1 Å². The fourth-order valence-corrected chi connectivity index (χ4v) is 3.44. The van der Waals surface area contributed by atoms with Crippen LogP contribution in [0.3, 0.4) is 0 Å². The zero-order chi connectivity index (χ0) is 19.8. The summed E-state index contributed by atoms with van der Waals surface area (Å²) in [7, 11) is 3.45. The van der Waals surface area contributed by atoms with Gasteiger partial charge >= 0.3 is 0 Å². The number of hydrogen-bond donors (Lipinski definition) is 1. The van der Waals surface area contributed by atoms with Crippen molar-refractivity contribution >= 4 is 35.8 Å². The Kier molecular flexibility index (Phi) is 10.6. The SMILES string of the molecule is CCNC(=NCc1cccc(OCC(=O)N(C)C)c1)N1CC(C)CC(C)C1.I. The molecule has 0 aliphatic carbocycles. The summed E-state index contributed by atoms with van der Waals surface area (Å²) in [6.07, 6.45) is 1.28. The minimum absolute atomic E-state index is 0. The van der Waals surface area contributed by atoms with Crippen LogP contribution in [-0.2, 0) is 11.3 Å². The minimum Gasteiger partial charge on any atom is -0.484 e. The van der Waals surface area contributed by atoms with E-state index in [4.69, 9.17) is 9.73 Å². The van der Waals surface area contributed by atoms with Gasteiger partial charge in [0.05, 0.1) is 6.54 Å². The second kappa shape index (κ2) is 12.1. The van der Waals surface area contributed by atoms with Crippen molar-refractivity contribution in [2.75, 3.05) is 40.3 Å². The third-order valence-corrected chi connectivity index (χ3v) is 4.67.